The van der Waals surface area contributed by atoms with Crippen LogP contribution < -0.4 is 20.7 Å². The van der Waals surface area contributed by atoms with Crippen LogP contribution in [0.15, 0.2) is 66.7 Å². The van der Waals surface area contributed by atoms with E-state index in [1.54, 1.807) is 43.3 Å². The average molecular weight is 527 g/mol. The molecular weight excluding hydrogens is 496 g/mol. The second-order valence-electron chi connectivity index (χ2n) is 10.1. The highest BCUT2D eigenvalue weighted by Crippen LogP contribution is 2.34. The summed E-state index contributed by atoms with van der Waals surface area (Å²) < 4.78 is 5.81. The summed E-state index contributed by atoms with van der Waals surface area (Å²) in [6.45, 7) is 4.72. The number of anilines is 1. The van der Waals surface area contributed by atoms with Gasteiger partial charge in [-0.05, 0) is 67.3 Å². The number of aryl methyl sites for hydroxylation is 1. The molecule has 2 aliphatic heterocycles. The van der Waals surface area contributed by atoms with E-state index < -0.39 is 11.4 Å². The molecule has 2 aliphatic rings. The molecule has 0 aromatic heterocycles. The number of nitrogens with zero attached hydrogens (tertiary/aromatic N) is 1. The summed E-state index contributed by atoms with van der Waals surface area (Å²) in [5.74, 6) is -0.310. The highest BCUT2D eigenvalue weighted by molar-refractivity contribution is 6.07. The van der Waals surface area contributed by atoms with Crippen LogP contribution >= 0.6 is 0 Å². The molecule has 5 rings (SSSR count). The minimum atomic E-state index is -1.08. The van der Waals surface area contributed by atoms with Gasteiger partial charge >= 0.3 is 6.03 Å². The third-order valence-electron chi connectivity index (χ3n) is 7.24. The Morgan fingerprint density at radius 1 is 1.00 bits per heavy atom. The number of benzene rings is 3. The van der Waals surface area contributed by atoms with Gasteiger partial charge in [-0.2, -0.15) is 0 Å². The van der Waals surface area contributed by atoms with Crippen molar-refractivity contribution in [2.75, 3.05) is 5.32 Å². The zero-order chi connectivity index (χ0) is 27.6. The molecule has 1 unspecified atom stereocenters. The number of amides is 5. The van der Waals surface area contributed by atoms with Gasteiger partial charge in [-0.25, -0.2) is 4.79 Å². The molecule has 0 radical (unpaired) electrons. The van der Waals surface area contributed by atoms with Crippen LogP contribution in [0.5, 0.6) is 5.75 Å². The minimum absolute atomic E-state index is 0.190. The number of fused-ring (bicyclic) bond motifs is 1. The van der Waals surface area contributed by atoms with Crippen molar-refractivity contribution in [1.29, 1.82) is 0 Å². The molecule has 0 aliphatic carbocycles. The molecule has 9 nitrogen and oxygen atoms in total. The van der Waals surface area contributed by atoms with Gasteiger partial charge in [0.05, 0.1) is 0 Å². The van der Waals surface area contributed by atoms with E-state index in [1.165, 1.54) is 10.5 Å². The fraction of sp³-hybridized carbons (Fsp3) is 0.267. The second-order valence-corrected chi connectivity index (χ2v) is 10.1. The number of imide groups is 1. The number of carbonyl (C=O) groups is 4. The van der Waals surface area contributed by atoms with E-state index in [9.17, 15) is 19.2 Å². The first-order chi connectivity index (χ1) is 18.7. The zero-order valence-electron chi connectivity index (χ0n) is 21.9. The summed E-state index contributed by atoms with van der Waals surface area (Å²) in [7, 11) is 0. The number of piperidine rings is 1. The number of hydrogen-bond donors (Lipinski definition) is 3. The molecule has 200 valence electrons. The van der Waals surface area contributed by atoms with E-state index in [2.05, 4.69) is 16.0 Å². The lowest BCUT2D eigenvalue weighted by atomic mass is 9.89. The first kappa shape index (κ1) is 26.0. The maximum atomic E-state index is 13.0. The van der Waals surface area contributed by atoms with Crippen molar-refractivity contribution in [3.05, 3.63) is 94.5 Å². The Hall–Kier alpha value is -4.66. The Labute approximate surface area is 226 Å². The van der Waals surface area contributed by atoms with Crippen molar-refractivity contribution in [2.24, 2.45) is 0 Å². The van der Waals surface area contributed by atoms with E-state index in [0.717, 1.165) is 16.7 Å². The molecule has 5 amide bonds. The fourth-order valence-corrected chi connectivity index (χ4v) is 4.78. The van der Waals surface area contributed by atoms with Crippen molar-refractivity contribution in [2.45, 2.75) is 51.9 Å². The maximum Gasteiger partial charge on any atom is 0.319 e. The van der Waals surface area contributed by atoms with Gasteiger partial charge in [0.15, 0.2) is 0 Å². The smallest absolute Gasteiger partial charge is 0.319 e. The van der Waals surface area contributed by atoms with Crippen LogP contribution in [0.3, 0.4) is 0 Å². The van der Waals surface area contributed by atoms with Crippen LogP contribution in [0.4, 0.5) is 10.5 Å². The van der Waals surface area contributed by atoms with Crippen LogP contribution in [0, 0.1) is 6.92 Å². The Balaban J connectivity index is 1.13. The number of carbonyl (C=O) groups excluding carboxylic acids is 4. The Kier molecular flexibility index (Phi) is 7.06. The number of rotatable bonds is 7. The predicted molar refractivity (Wildman–Crippen MR) is 145 cm³/mol. The normalized spacial score (nSPS) is 18.4. The van der Waals surface area contributed by atoms with Crippen molar-refractivity contribution in [3.63, 3.8) is 0 Å². The lowest BCUT2D eigenvalue weighted by molar-refractivity contribution is -0.142. The third kappa shape index (κ3) is 5.62. The number of ether oxygens (including phenoxy) is 1. The van der Waals surface area contributed by atoms with Gasteiger partial charge in [0.25, 0.3) is 11.8 Å². The van der Waals surface area contributed by atoms with E-state index in [-0.39, 0.29) is 43.8 Å². The molecule has 1 atom stereocenters. The van der Waals surface area contributed by atoms with Crippen LogP contribution in [-0.4, -0.2) is 34.2 Å². The highest BCUT2D eigenvalue weighted by Gasteiger charge is 2.48. The van der Waals surface area contributed by atoms with Gasteiger partial charge in [0, 0.05) is 30.8 Å². The maximum absolute atomic E-state index is 13.0. The molecule has 3 aromatic rings. The van der Waals surface area contributed by atoms with Crippen LogP contribution in [-0.2, 0) is 29.3 Å². The molecule has 0 bridgehead atoms. The lowest BCUT2D eigenvalue weighted by Crippen LogP contribution is -2.61. The molecule has 9 heteroatoms. The summed E-state index contributed by atoms with van der Waals surface area (Å²) in [5, 5.41) is 7.97. The van der Waals surface area contributed by atoms with Crippen molar-refractivity contribution >= 4 is 29.4 Å². The predicted octanol–water partition coefficient (Wildman–Crippen LogP) is 4.05. The molecule has 3 N–H and O–H groups in total. The first-order valence-corrected chi connectivity index (χ1v) is 12.8. The zero-order valence-corrected chi connectivity index (χ0v) is 21.9. The van der Waals surface area contributed by atoms with Crippen LogP contribution in [0.1, 0.15) is 52.4 Å². The summed E-state index contributed by atoms with van der Waals surface area (Å²) in [5.41, 5.74) is 3.96. The SMILES string of the molecule is Cc1ccc(COc2ccc(NC(=O)NCc3ccc4c(c3)CN(C3(C)CCC(=O)NC3=O)C4=O)cc2)cc1. The summed E-state index contributed by atoms with van der Waals surface area (Å²) >= 11 is 0. The van der Waals surface area contributed by atoms with Gasteiger partial charge in [0.2, 0.25) is 5.91 Å². The Morgan fingerprint density at radius 3 is 2.44 bits per heavy atom. The van der Waals surface area contributed by atoms with E-state index in [4.69, 9.17) is 4.74 Å². The first-order valence-electron chi connectivity index (χ1n) is 12.8. The molecule has 0 saturated carbocycles. The topological polar surface area (TPSA) is 117 Å². The van der Waals surface area contributed by atoms with Crippen molar-refractivity contribution in [1.82, 2.24) is 15.5 Å². The van der Waals surface area contributed by atoms with E-state index in [0.29, 0.717) is 23.6 Å². The summed E-state index contributed by atoms with van der Waals surface area (Å²) in [4.78, 5) is 51.1. The highest BCUT2D eigenvalue weighted by atomic mass is 16.5. The summed E-state index contributed by atoms with van der Waals surface area (Å²) in [6.07, 6.45) is 0.474. The summed E-state index contributed by atoms with van der Waals surface area (Å²) in [6, 6.07) is 20.3. The molecule has 2 heterocycles. The fourth-order valence-electron chi connectivity index (χ4n) is 4.78. The van der Waals surface area contributed by atoms with Gasteiger partial charge in [0.1, 0.15) is 17.9 Å². The van der Waals surface area contributed by atoms with Crippen molar-refractivity contribution < 1.29 is 23.9 Å². The van der Waals surface area contributed by atoms with Gasteiger partial charge < -0.3 is 20.3 Å². The molecule has 39 heavy (non-hydrogen) atoms. The van der Waals surface area contributed by atoms with E-state index in [1.807, 2.05) is 37.3 Å². The van der Waals surface area contributed by atoms with Crippen molar-refractivity contribution in [3.8, 4) is 5.75 Å². The molecule has 0 spiro atoms. The van der Waals surface area contributed by atoms with E-state index >= 15 is 0 Å². The minimum Gasteiger partial charge on any atom is -0.489 e. The molecular formula is C30H30N4O5. The van der Waals surface area contributed by atoms with Gasteiger partial charge in [-0.3, -0.25) is 19.7 Å². The monoisotopic (exact) mass is 526 g/mol. The standard InChI is InChI=1S/C30H30N4O5/c1-19-3-5-20(6-4-19)18-39-24-10-8-23(9-11-24)32-29(38)31-16-21-7-12-25-22(15-21)17-34(27(25)36)30(2)14-13-26(35)33-28(30)37/h3-12,15H,13-14,16-18H2,1-2H3,(H2,31,32,38)(H,33,35,37). The largest absolute Gasteiger partial charge is 0.489 e. The van der Waals surface area contributed by atoms with Gasteiger partial charge in [-0.15, -0.1) is 0 Å². The van der Waals surface area contributed by atoms with Crippen LogP contribution in [0.2, 0.25) is 0 Å². The number of nitrogens with one attached hydrogen (secondary N) is 3. The van der Waals surface area contributed by atoms with Crippen LogP contribution in [0.25, 0.3) is 0 Å². The second kappa shape index (κ2) is 10.6. The lowest BCUT2D eigenvalue weighted by Gasteiger charge is -2.39. The Morgan fingerprint density at radius 2 is 1.72 bits per heavy atom. The molecule has 1 fully saturated rings. The Bertz CT molecular complexity index is 1430. The number of hydrogen-bond acceptors (Lipinski definition) is 5. The average Bonchev–Trinajstić information content (AvgIpc) is 3.26. The third-order valence-corrected chi connectivity index (χ3v) is 7.24. The van der Waals surface area contributed by atoms with Gasteiger partial charge in [-0.1, -0.05) is 42.0 Å². The molecule has 1 saturated heterocycles. The number of urea groups is 1. The quantitative estimate of drug-likeness (QED) is 0.402. The molecule has 3 aromatic carbocycles.